The molecular weight excluding hydrogens is 303 g/mol. The summed E-state index contributed by atoms with van der Waals surface area (Å²) in [5.74, 6) is 0. The van der Waals surface area contributed by atoms with E-state index in [1.807, 2.05) is 0 Å². The van der Waals surface area contributed by atoms with Crippen LogP contribution in [0.3, 0.4) is 0 Å². The van der Waals surface area contributed by atoms with Gasteiger partial charge in [0.15, 0.2) is 0 Å². The zero-order valence-corrected chi connectivity index (χ0v) is 14.6. The molecule has 0 amide bonds. The topological polar surface area (TPSA) is 0 Å². The number of halogens is 6. The molecule has 0 bridgehead atoms. The molecule has 0 unspecified atom stereocenters. The minimum atomic E-state index is -10.7. The molecule has 0 aliphatic carbocycles. The van der Waals surface area contributed by atoms with Gasteiger partial charge in [-0.2, -0.15) is 0 Å². The van der Waals surface area contributed by atoms with Crippen molar-refractivity contribution >= 4 is 7.81 Å². The second-order valence-electron chi connectivity index (χ2n) is 7.47. The molecule has 20 heavy (non-hydrogen) atoms. The van der Waals surface area contributed by atoms with E-state index in [9.17, 15) is 25.2 Å². The summed E-state index contributed by atoms with van der Waals surface area (Å²) in [4.78, 5) is 0. The van der Waals surface area contributed by atoms with Crippen LogP contribution in [0.4, 0.5) is 25.2 Å². The fourth-order valence-electron chi connectivity index (χ4n) is 2.56. The fourth-order valence-corrected chi connectivity index (χ4v) is 2.56. The third kappa shape index (κ3) is 9.01. The Morgan fingerprint density at radius 2 is 0.850 bits per heavy atom. The SMILES string of the molecule is CC(C)[N+](C)(C(C)(C)C)C(C)(C)C.F[P-](F)(F)(F)(F)F. The van der Waals surface area contributed by atoms with Gasteiger partial charge in [-0.25, -0.2) is 0 Å². The van der Waals surface area contributed by atoms with Crippen LogP contribution in [0.15, 0.2) is 0 Å². The first kappa shape index (κ1) is 22.3. The van der Waals surface area contributed by atoms with Crippen molar-refractivity contribution in [1.82, 2.24) is 0 Å². The van der Waals surface area contributed by atoms with Gasteiger partial charge in [0.2, 0.25) is 0 Å². The molecule has 0 aromatic carbocycles. The molecule has 0 spiro atoms. The monoisotopic (exact) mass is 331 g/mol. The number of nitrogens with zero attached hydrogens (tertiary/aromatic N) is 1. The number of rotatable bonds is 1. The molecule has 0 saturated carbocycles. The van der Waals surface area contributed by atoms with Crippen LogP contribution in [0.25, 0.3) is 0 Å². The summed E-state index contributed by atoms with van der Waals surface area (Å²) in [7, 11) is -8.29. The summed E-state index contributed by atoms with van der Waals surface area (Å²) in [5.41, 5.74) is 0.596. The van der Waals surface area contributed by atoms with Crippen LogP contribution in [0.1, 0.15) is 55.4 Å². The summed E-state index contributed by atoms with van der Waals surface area (Å²) in [6, 6.07) is 0.653. The van der Waals surface area contributed by atoms with E-state index < -0.39 is 7.81 Å². The van der Waals surface area contributed by atoms with Crippen molar-refractivity contribution < 1.29 is 29.7 Å². The maximum absolute atomic E-state index is 10.7. The van der Waals surface area contributed by atoms with Gasteiger partial charge in [0.1, 0.15) is 0 Å². The Morgan fingerprint density at radius 3 is 0.850 bits per heavy atom. The molecule has 0 rings (SSSR count). The molecule has 0 aliphatic heterocycles. The zero-order valence-electron chi connectivity index (χ0n) is 13.7. The van der Waals surface area contributed by atoms with Gasteiger partial charge in [-0.1, -0.05) is 0 Å². The van der Waals surface area contributed by atoms with E-state index in [0.717, 1.165) is 4.48 Å². The van der Waals surface area contributed by atoms with Crippen molar-refractivity contribution in [2.45, 2.75) is 72.5 Å². The van der Waals surface area contributed by atoms with Crippen molar-refractivity contribution in [3.05, 3.63) is 0 Å². The molecule has 0 radical (unpaired) electrons. The first-order valence-electron chi connectivity index (χ1n) is 6.32. The normalized spacial score (nSPS) is 18.0. The van der Waals surface area contributed by atoms with E-state index in [-0.39, 0.29) is 0 Å². The van der Waals surface area contributed by atoms with Gasteiger partial charge >= 0.3 is 33.0 Å². The van der Waals surface area contributed by atoms with Crippen molar-refractivity contribution in [3.8, 4) is 0 Å². The van der Waals surface area contributed by atoms with Crippen LogP contribution in [0.5, 0.6) is 0 Å². The van der Waals surface area contributed by atoms with Gasteiger partial charge in [0.25, 0.3) is 0 Å². The van der Waals surface area contributed by atoms with Gasteiger partial charge < -0.3 is 4.48 Å². The summed E-state index contributed by atoms with van der Waals surface area (Å²) >= 11 is 0. The molecule has 8 heteroatoms. The first-order chi connectivity index (χ1) is 7.89. The quantitative estimate of drug-likeness (QED) is 0.281. The summed E-state index contributed by atoms with van der Waals surface area (Å²) in [5, 5.41) is 0. The van der Waals surface area contributed by atoms with E-state index in [1.165, 1.54) is 0 Å². The Bertz CT molecular complexity index is 305. The van der Waals surface area contributed by atoms with Crippen molar-refractivity contribution in [2.24, 2.45) is 0 Å². The maximum atomic E-state index is 9.87. The molecule has 0 heterocycles. The van der Waals surface area contributed by atoms with Crippen LogP contribution >= 0.6 is 7.81 Å². The van der Waals surface area contributed by atoms with Crippen molar-refractivity contribution in [3.63, 3.8) is 0 Å². The molecular formula is C12H28F6NP. The van der Waals surface area contributed by atoms with Crippen LogP contribution in [0.2, 0.25) is 0 Å². The third-order valence-electron chi connectivity index (χ3n) is 3.82. The molecule has 128 valence electrons. The number of hydrogen-bond acceptors (Lipinski definition) is 0. The first-order valence-corrected chi connectivity index (χ1v) is 8.35. The second kappa shape index (κ2) is 4.73. The summed E-state index contributed by atoms with van der Waals surface area (Å²) in [6.07, 6.45) is 0. The van der Waals surface area contributed by atoms with E-state index in [4.69, 9.17) is 0 Å². The average molecular weight is 331 g/mol. The molecule has 0 aromatic heterocycles. The summed E-state index contributed by atoms with van der Waals surface area (Å²) < 4.78 is 60.3. The van der Waals surface area contributed by atoms with Gasteiger partial charge in [-0.15, -0.1) is 0 Å². The van der Waals surface area contributed by atoms with E-state index >= 15 is 0 Å². The van der Waals surface area contributed by atoms with E-state index in [1.54, 1.807) is 0 Å². The number of hydrogen-bond donors (Lipinski definition) is 0. The Hall–Kier alpha value is -0.0300. The van der Waals surface area contributed by atoms with Crippen LogP contribution in [0, 0.1) is 0 Å². The van der Waals surface area contributed by atoms with Crippen molar-refractivity contribution in [1.29, 1.82) is 0 Å². The molecule has 0 saturated heterocycles. The molecule has 1 nitrogen and oxygen atoms in total. The Balaban J connectivity index is 0. The Kier molecular flexibility index (Phi) is 5.27. The fraction of sp³-hybridized carbons (Fsp3) is 1.00. The standard InChI is InChI=1S/C12H28N.F6P/c1-10(2)13(9,11(3,4)5)12(6,7)8;1-7(2,3,4,5)6/h10H,1-9H3;/q+1;-1. The molecule has 0 aromatic rings. The predicted octanol–water partition coefficient (Wildman–Crippen LogP) is 6.82. The molecule has 0 aliphatic rings. The van der Waals surface area contributed by atoms with E-state index in [2.05, 4.69) is 62.4 Å². The van der Waals surface area contributed by atoms with Crippen molar-refractivity contribution in [2.75, 3.05) is 7.05 Å². The molecule has 0 fully saturated rings. The zero-order chi connectivity index (χ0) is 17.5. The van der Waals surface area contributed by atoms with Crippen LogP contribution in [-0.2, 0) is 0 Å². The van der Waals surface area contributed by atoms with Gasteiger partial charge in [0.05, 0.1) is 24.2 Å². The van der Waals surface area contributed by atoms with Gasteiger partial charge in [0, 0.05) is 0 Å². The molecule has 0 atom stereocenters. The van der Waals surface area contributed by atoms with Crippen LogP contribution in [-0.4, -0.2) is 28.7 Å². The van der Waals surface area contributed by atoms with Gasteiger partial charge in [-0.05, 0) is 55.4 Å². The number of quaternary nitrogens is 1. The molecule has 0 N–H and O–H groups in total. The van der Waals surface area contributed by atoms with Crippen LogP contribution < -0.4 is 0 Å². The minimum absolute atomic E-state index is 0.298. The van der Waals surface area contributed by atoms with Gasteiger partial charge in [-0.3, -0.25) is 0 Å². The Labute approximate surface area is 118 Å². The van der Waals surface area contributed by atoms with E-state index in [0.29, 0.717) is 17.1 Å². The average Bonchev–Trinajstić information content (AvgIpc) is 1.91. The predicted molar refractivity (Wildman–Crippen MR) is 74.4 cm³/mol. The summed E-state index contributed by atoms with van der Waals surface area (Å²) in [6.45, 7) is 18.6. The third-order valence-corrected chi connectivity index (χ3v) is 3.82. The Morgan fingerprint density at radius 1 is 0.700 bits per heavy atom. The second-order valence-corrected chi connectivity index (χ2v) is 9.39.